The molecule has 3 aromatic carbocycles. The molecule has 0 spiro atoms. The second-order valence-electron chi connectivity index (χ2n) is 6.67. The summed E-state index contributed by atoms with van der Waals surface area (Å²) in [6, 6.07) is 18.1. The maximum Gasteiger partial charge on any atom is 0.255 e. The molecule has 0 aliphatic rings. The fourth-order valence-corrected chi connectivity index (χ4v) is 3.73. The predicted octanol–water partition coefficient (Wildman–Crippen LogP) is 5.22. The lowest BCUT2D eigenvalue weighted by atomic mass is 10.2. The summed E-state index contributed by atoms with van der Waals surface area (Å²) in [6.07, 6.45) is 0.250. The van der Waals surface area contributed by atoms with Gasteiger partial charge in [0.15, 0.2) is 0 Å². The van der Waals surface area contributed by atoms with Gasteiger partial charge in [0.1, 0.15) is 17.3 Å². The summed E-state index contributed by atoms with van der Waals surface area (Å²) >= 11 is 1.46. The number of ether oxygens (including phenoxy) is 2. The zero-order valence-electron chi connectivity index (χ0n) is 17.7. The van der Waals surface area contributed by atoms with Gasteiger partial charge in [0.05, 0.1) is 25.6 Å². The van der Waals surface area contributed by atoms with E-state index in [1.807, 2.05) is 6.07 Å². The van der Waals surface area contributed by atoms with Crippen LogP contribution in [-0.4, -0.2) is 31.8 Å². The lowest BCUT2D eigenvalue weighted by molar-refractivity contribution is -0.115. The Balaban J connectivity index is 1.66. The van der Waals surface area contributed by atoms with Crippen molar-refractivity contribution in [1.82, 2.24) is 0 Å². The zero-order valence-corrected chi connectivity index (χ0v) is 18.5. The van der Waals surface area contributed by atoms with Gasteiger partial charge in [-0.2, -0.15) is 0 Å². The molecular formula is C24H23FN2O4S. The topological polar surface area (TPSA) is 76.7 Å². The smallest absolute Gasteiger partial charge is 0.255 e. The second-order valence-corrected chi connectivity index (χ2v) is 7.84. The van der Waals surface area contributed by atoms with Crippen LogP contribution in [-0.2, 0) is 4.79 Å². The third-order valence-electron chi connectivity index (χ3n) is 4.49. The lowest BCUT2D eigenvalue weighted by Crippen LogP contribution is -2.15. The number of methoxy groups -OCH3 is 2. The minimum absolute atomic E-state index is 0.207. The van der Waals surface area contributed by atoms with Crippen LogP contribution in [0, 0.1) is 5.82 Å². The van der Waals surface area contributed by atoms with E-state index in [4.69, 9.17) is 9.47 Å². The summed E-state index contributed by atoms with van der Waals surface area (Å²) in [7, 11) is 2.95. The molecule has 0 radical (unpaired) electrons. The molecule has 0 aliphatic carbocycles. The van der Waals surface area contributed by atoms with Crippen molar-refractivity contribution in [3.63, 3.8) is 0 Å². The number of benzene rings is 3. The Morgan fingerprint density at radius 3 is 2.06 bits per heavy atom. The van der Waals surface area contributed by atoms with Crippen LogP contribution in [0.1, 0.15) is 16.8 Å². The Labute approximate surface area is 190 Å². The summed E-state index contributed by atoms with van der Waals surface area (Å²) in [5, 5.41) is 5.62. The summed E-state index contributed by atoms with van der Waals surface area (Å²) < 4.78 is 23.8. The molecule has 0 saturated heterocycles. The van der Waals surface area contributed by atoms with E-state index in [0.717, 1.165) is 4.90 Å². The van der Waals surface area contributed by atoms with Crippen LogP contribution in [0.3, 0.4) is 0 Å². The third kappa shape index (κ3) is 6.24. The van der Waals surface area contributed by atoms with Crippen molar-refractivity contribution >= 4 is 35.0 Å². The standard InChI is InChI=1S/C24H23FN2O4S/c1-30-21-15-20(27-24(29)16-6-4-3-5-7-16)22(31-2)14-19(21)26-23(28)12-13-32-18-10-8-17(25)9-11-18/h3-11,14-15H,12-13H2,1-2H3,(H,26,28)(H,27,29). The number of hydrogen-bond donors (Lipinski definition) is 2. The van der Waals surface area contributed by atoms with E-state index in [-0.39, 0.29) is 24.1 Å². The molecule has 0 saturated carbocycles. The van der Waals surface area contributed by atoms with Gasteiger partial charge in [0, 0.05) is 34.8 Å². The molecular weight excluding hydrogens is 431 g/mol. The molecule has 0 unspecified atom stereocenters. The van der Waals surface area contributed by atoms with Crippen molar-refractivity contribution in [2.45, 2.75) is 11.3 Å². The Kier molecular flexibility index (Phi) is 8.10. The molecule has 0 aromatic heterocycles. The van der Waals surface area contributed by atoms with Gasteiger partial charge >= 0.3 is 0 Å². The average molecular weight is 455 g/mol. The first-order chi connectivity index (χ1) is 15.5. The average Bonchev–Trinajstić information content (AvgIpc) is 2.81. The maximum atomic E-state index is 13.0. The second kappa shape index (κ2) is 11.2. The summed E-state index contributed by atoms with van der Waals surface area (Å²) in [4.78, 5) is 25.8. The Hall–Kier alpha value is -3.52. The van der Waals surface area contributed by atoms with Crippen LogP contribution in [0.15, 0.2) is 71.6 Å². The number of amides is 2. The van der Waals surface area contributed by atoms with E-state index < -0.39 is 0 Å². The van der Waals surface area contributed by atoms with E-state index in [1.165, 1.54) is 38.1 Å². The first-order valence-corrected chi connectivity index (χ1v) is 10.8. The van der Waals surface area contributed by atoms with Gasteiger partial charge in [0.25, 0.3) is 5.91 Å². The Bertz CT molecular complexity index is 1080. The number of anilines is 2. The molecule has 8 heteroatoms. The van der Waals surface area contributed by atoms with Gasteiger partial charge in [0.2, 0.25) is 5.91 Å². The summed E-state index contributed by atoms with van der Waals surface area (Å²) in [5.41, 5.74) is 1.35. The number of carbonyl (C=O) groups is 2. The molecule has 3 rings (SSSR count). The van der Waals surface area contributed by atoms with Crippen molar-refractivity contribution in [3.05, 3.63) is 78.1 Å². The number of halogens is 1. The van der Waals surface area contributed by atoms with Crippen LogP contribution in [0.2, 0.25) is 0 Å². The van der Waals surface area contributed by atoms with Gasteiger partial charge in [-0.15, -0.1) is 11.8 Å². The number of rotatable bonds is 9. The van der Waals surface area contributed by atoms with E-state index in [2.05, 4.69) is 10.6 Å². The van der Waals surface area contributed by atoms with Crippen LogP contribution >= 0.6 is 11.8 Å². The van der Waals surface area contributed by atoms with Crippen molar-refractivity contribution in [2.75, 3.05) is 30.6 Å². The third-order valence-corrected chi connectivity index (χ3v) is 5.51. The van der Waals surface area contributed by atoms with Gasteiger partial charge < -0.3 is 20.1 Å². The van der Waals surface area contributed by atoms with E-state index in [9.17, 15) is 14.0 Å². The first kappa shape index (κ1) is 23.1. The predicted molar refractivity (Wildman–Crippen MR) is 124 cm³/mol. The minimum Gasteiger partial charge on any atom is -0.494 e. The Morgan fingerprint density at radius 2 is 1.47 bits per heavy atom. The Morgan fingerprint density at radius 1 is 0.875 bits per heavy atom. The lowest BCUT2D eigenvalue weighted by Gasteiger charge is -2.16. The SMILES string of the molecule is COc1cc(NC(=O)c2ccccc2)c(OC)cc1NC(=O)CCSc1ccc(F)cc1. The van der Waals surface area contributed by atoms with Gasteiger partial charge in [-0.1, -0.05) is 18.2 Å². The van der Waals surface area contributed by atoms with Crippen LogP contribution < -0.4 is 20.1 Å². The first-order valence-electron chi connectivity index (χ1n) is 9.81. The summed E-state index contributed by atoms with van der Waals surface area (Å²) in [5.74, 6) is 0.500. The molecule has 2 N–H and O–H groups in total. The number of hydrogen-bond acceptors (Lipinski definition) is 5. The van der Waals surface area contributed by atoms with Crippen molar-refractivity contribution < 1.29 is 23.5 Å². The van der Waals surface area contributed by atoms with E-state index >= 15 is 0 Å². The van der Waals surface area contributed by atoms with Crippen molar-refractivity contribution in [1.29, 1.82) is 0 Å². The molecule has 0 fully saturated rings. The van der Waals surface area contributed by atoms with Crippen molar-refractivity contribution in [3.8, 4) is 11.5 Å². The van der Waals surface area contributed by atoms with Gasteiger partial charge in [-0.25, -0.2) is 4.39 Å². The molecule has 2 amide bonds. The van der Waals surface area contributed by atoms with Crippen molar-refractivity contribution in [2.24, 2.45) is 0 Å². The zero-order chi connectivity index (χ0) is 22.9. The van der Waals surface area contributed by atoms with E-state index in [1.54, 1.807) is 48.5 Å². The molecule has 166 valence electrons. The molecule has 0 atom stereocenters. The molecule has 0 aliphatic heterocycles. The normalized spacial score (nSPS) is 10.3. The molecule has 3 aromatic rings. The molecule has 0 heterocycles. The highest BCUT2D eigenvalue weighted by Gasteiger charge is 2.16. The van der Waals surface area contributed by atoms with Gasteiger partial charge in [-0.05, 0) is 36.4 Å². The van der Waals surface area contributed by atoms with Crippen LogP contribution in [0.4, 0.5) is 15.8 Å². The highest BCUT2D eigenvalue weighted by Crippen LogP contribution is 2.36. The van der Waals surface area contributed by atoms with Gasteiger partial charge in [-0.3, -0.25) is 9.59 Å². The fraction of sp³-hybridized carbons (Fsp3) is 0.167. The summed E-state index contributed by atoms with van der Waals surface area (Å²) in [6.45, 7) is 0. The monoisotopic (exact) mass is 454 g/mol. The van der Waals surface area contributed by atoms with Crippen LogP contribution in [0.5, 0.6) is 11.5 Å². The largest absolute Gasteiger partial charge is 0.494 e. The molecule has 32 heavy (non-hydrogen) atoms. The highest BCUT2D eigenvalue weighted by atomic mass is 32.2. The quantitative estimate of drug-likeness (QED) is 0.434. The number of thioether (sulfide) groups is 1. The molecule has 6 nitrogen and oxygen atoms in total. The highest BCUT2D eigenvalue weighted by molar-refractivity contribution is 7.99. The number of carbonyl (C=O) groups excluding carboxylic acids is 2. The number of nitrogens with one attached hydrogen (secondary N) is 2. The fourth-order valence-electron chi connectivity index (χ4n) is 2.88. The minimum atomic E-state index is -0.295. The maximum absolute atomic E-state index is 13.0. The van der Waals surface area contributed by atoms with Crippen LogP contribution in [0.25, 0.3) is 0 Å². The van der Waals surface area contributed by atoms with E-state index in [0.29, 0.717) is 34.2 Å². The molecule has 0 bridgehead atoms.